The molecule has 9 heavy (non-hydrogen) atoms. The summed E-state index contributed by atoms with van der Waals surface area (Å²) in [7, 11) is 0. The molecule has 0 saturated heterocycles. The molecule has 1 rings (SSSR count). The Morgan fingerprint density at radius 2 is 2.67 bits per heavy atom. The van der Waals surface area contributed by atoms with E-state index in [0.717, 1.165) is 5.08 Å². The maximum Gasteiger partial charge on any atom is 0.101 e. The summed E-state index contributed by atoms with van der Waals surface area (Å²) in [4.78, 5) is 0. The molecule has 4 heteroatoms. The largest absolute Gasteiger partial charge is 0.168 e. The standard InChI is InChI=1S/C5H8S4/c6-4-9-5-7-2-1-3-8-5/h1-2,5-6H,3-4H2. The monoisotopic (exact) mass is 196 g/mol. The highest BCUT2D eigenvalue weighted by atomic mass is 32.3. The summed E-state index contributed by atoms with van der Waals surface area (Å²) in [5.74, 6) is 1.17. The predicted molar refractivity (Wildman–Crippen MR) is 54.4 cm³/mol. The molecule has 0 aromatic rings. The highest BCUT2D eigenvalue weighted by Crippen LogP contribution is 2.37. The fraction of sp³-hybridized carbons (Fsp3) is 0.600. The predicted octanol–water partition coefficient (Wildman–Crippen LogP) is 2.88. The highest BCUT2D eigenvalue weighted by molar-refractivity contribution is 8.34. The number of thiol groups is 1. The normalized spacial score (nSPS) is 26.6. The van der Waals surface area contributed by atoms with Crippen molar-refractivity contribution in [3.63, 3.8) is 0 Å². The third kappa shape index (κ3) is 3.16. The minimum absolute atomic E-state index is 0.688. The van der Waals surface area contributed by atoms with Crippen LogP contribution in [0.25, 0.3) is 0 Å². The molecule has 0 aliphatic carbocycles. The molecule has 0 bridgehead atoms. The Bertz CT molecular complexity index is 101. The van der Waals surface area contributed by atoms with Crippen molar-refractivity contribution in [3.8, 4) is 0 Å². The van der Waals surface area contributed by atoms with Gasteiger partial charge in [0.1, 0.15) is 3.91 Å². The molecule has 0 aromatic carbocycles. The second-order valence-corrected chi connectivity index (χ2v) is 6.31. The van der Waals surface area contributed by atoms with Gasteiger partial charge < -0.3 is 0 Å². The van der Waals surface area contributed by atoms with E-state index in [2.05, 4.69) is 24.1 Å². The molecule has 0 radical (unpaired) electrons. The molecule has 52 valence electrons. The van der Waals surface area contributed by atoms with Crippen molar-refractivity contribution in [1.82, 2.24) is 0 Å². The molecule has 0 aromatic heterocycles. The van der Waals surface area contributed by atoms with E-state index in [-0.39, 0.29) is 0 Å². The van der Waals surface area contributed by atoms with Gasteiger partial charge in [-0.15, -0.1) is 35.3 Å². The average Bonchev–Trinajstić information content (AvgIpc) is 1.91. The van der Waals surface area contributed by atoms with Crippen LogP contribution in [0, 0.1) is 0 Å². The zero-order valence-electron chi connectivity index (χ0n) is 4.82. The minimum atomic E-state index is 0.688. The number of thioether (sulfide) groups is 3. The number of rotatable bonds is 2. The van der Waals surface area contributed by atoms with Gasteiger partial charge in [-0.25, -0.2) is 0 Å². The van der Waals surface area contributed by atoms with E-state index in [0.29, 0.717) is 3.91 Å². The molecule has 0 spiro atoms. The fourth-order valence-electron chi connectivity index (χ4n) is 0.481. The van der Waals surface area contributed by atoms with Crippen LogP contribution >= 0.6 is 47.9 Å². The van der Waals surface area contributed by atoms with E-state index in [1.54, 1.807) is 0 Å². The summed E-state index contributed by atoms with van der Waals surface area (Å²) in [6.45, 7) is 0. The Labute approximate surface area is 74.0 Å². The summed E-state index contributed by atoms with van der Waals surface area (Å²) in [6.07, 6.45) is 2.20. The Hall–Kier alpha value is 1.14. The van der Waals surface area contributed by atoms with E-state index in [4.69, 9.17) is 0 Å². The van der Waals surface area contributed by atoms with Gasteiger partial charge in [-0.05, 0) is 5.41 Å². The van der Waals surface area contributed by atoms with Gasteiger partial charge in [-0.2, -0.15) is 12.6 Å². The van der Waals surface area contributed by atoms with Gasteiger partial charge in [0.25, 0.3) is 0 Å². The summed E-state index contributed by atoms with van der Waals surface area (Å²) >= 11 is 9.90. The second-order valence-electron chi connectivity index (χ2n) is 1.43. The van der Waals surface area contributed by atoms with Gasteiger partial charge >= 0.3 is 0 Å². The van der Waals surface area contributed by atoms with Crippen LogP contribution in [0.1, 0.15) is 0 Å². The first-order chi connectivity index (χ1) is 4.43. The van der Waals surface area contributed by atoms with Crippen LogP contribution in [0.4, 0.5) is 0 Å². The first kappa shape index (κ1) is 8.24. The SMILES string of the molecule is SCSC1SC=CCS1. The van der Waals surface area contributed by atoms with Gasteiger partial charge in [-0.3, -0.25) is 0 Å². The first-order valence-corrected chi connectivity index (χ1v) is 6.25. The van der Waals surface area contributed by atoms with Gasteiger partial charge in [0, 0.05) is 10.8 Å². The van der Waals surface area contributed by atoms with E-state index >= 15 is 0 Å². The summed E-state index contributed by atoms with van der Waals surface area (Å²) in [5, 5.41) is 3.11. The van der Waals surface area contributed by atoms with Crippen LogP contribution in [-0.4, -0.2) is 14.8 Å². The van der Waals surface area contributed by atoms with E-state index in [1.807, 2.05) is 35.3 Å². The average molecular weight is 196 g/mol. The Morgan fingerprint density at radius 3 is 3.22 bits per heavy atom. The van der Waals surface area contributed by atoms with Crippen LogP contribution in [-0.2, 0) is 0 Å². The summed E-state index contributed by atoms with van der Waals surface area (Å²) in [6, 6.07) is 0. The van der Waals surface area contributed by atoms with Gasteiger partial charge in [0.15, 0.2) is 0 Å². The van der Waals surface area contributed by atoms with Crippen molar-refractivity contribution in [2.45, 2.75) is 3.91 Å². The van der Waals surface area contributed by atoms with Crippen LogP contribution in [0.15, 0.2) is 11.5 Å². The highest BCUT2D eigenvalue weighted by Gasteiger charge is 2.08. The van der Waals surface area contributed by atoms with Gasteiger partial charge in [0.2, 0.25) is 0 Å². The molecule has 1 aliphatic heterocycles. The van der Waals surface area contributed by atoms with E-state index in [1.165, 1.54) is 5.75 Å². The van der Waals surface area contributed by atoms with Crippen molar-refractivity contribution in [2.24, 2.45) is 0 Å². The molecule has 1 atom stereocenters. The Balaban J connectivity index is 2.18. The molecule has 0 saturated carbocycles. The van der Waals surface area contributed by atoms with Crippen molar-refractivity contribution in [2.75, 3.05) is 10.8 Å². The second kappa shape index (κ2) is 4.88. The number of hydrogen-bond donors (Lipinski definition) is 1. The van der Waals surface area contributed by atoms with Gasteiger partial charge in [-0.1, -0.05) is 6.08 Å². The quantitative estimate of drug-likeness (QED) is 0.533. The van der Waals surface area contributed by atoms with Crippen LogP contribution in [0.5, 0.6) is 0 Å². The third-order valence-corrected chi connectivity index (χ3v) is 5.22. The van der Waals surface area contributed by atoms with E-state index in [9.17, 15) is 0 Å². The maximum atomic E-state index is 4.14. The minimum Gasteiger partial charge on any atom is -0.168 e. The molecule has 1 unspecified atom stereocenters. The maximum absolute atomic E-state index is 4.14. The topological polar surface area (TPSA) is 0 Å². The molecule has 0 nitrogen and oxygen atoms in total. The van der Waals surface area contributed by atoms with Crippen molar-refractivity contribution < 1.29 is 0 Å². The summed E-state index contributed by atoms with van der Waals surface area (Å²) in [5.41, 5.74) is 0. The molecule has 0 N–H and O–H groups in total. The summed E-state index contributed by atoms with van der Waals surface area (Å²) < 4.78 is 0.688. The lowest BCUT2D eigenvalue weighted by Gasteiger charge is -2.13. The van der Waals surface area contributed by atoms with Crippen molar-refractivity contribution in [3.05, 3.63) is 11.5 Å². The van der Waals surface area contributed by atoms with Crippen LogP contribution < -0.4 is 0 Å². The molecular weight excluding hydrogens is 188 g/mol. The van der Waals surface area contributed by atoms with E-state index < -0.39 is 0 Å². The Kier molecular flexibility index (Phi) is 4.47. The lowest BCUT2D eigenvalue weighted by molar-refractivity contribution is 1.76. The molecule has 1 aliphatic rings. The lowest BCUT2D eigenvalue weighted by Crippen LogP contribution is -1.93. The van der Waals surface area contributed by atoms with Crippen molar-refractivity contribution in [1.29, 1.82) is 0 Å². The molecule has 1 heterocycles. The zero-order chi connectivity index (χ0) is 6.53. The van der Waals surface area contributed by atoms with Crippen LogP contribution in [0.3, 0.4) is 0 Å². The number of hydrogen-bond acceptors (Lipinski definition) is 4. The van der Waals surface area contributed by atoms with Gasteiger partial charge in [0.05, 0.1) is 0 Å². The van der Waals surface area contributed by atoms with Crippen molar-refractivity contribution >= 4 is 47.9 Å². The molecule has 0 fully saturated rings. The molecular formula is C5H8S4. The first-order valence-electron chi connectivity index (χ1n) is 2.58. The van der Waals surface area contributed by atoms with Crippen LogP contribution in [0.2, 0.25) is 0 Å². The molecule has 0 amide bonds. The zero-order valence-corrected chi connectivity index (χ0v) is 8.16. The fourth-order valence-corrected chi connectivity index (χ4v) is 4.75. The lowest BCUT2D eigenvalue weighted by atomic mass is 10.8. The smallest absolute Gasteiger partial charge is 0.101 e. The third-order valence-electron chi connectivity index (χ3n) is 0.825. The Morgan fingerprint density at radius 1 is 1.78 bits per heavy atom.